The van der Waals surface area contributed by atoms with Gasteiger partial charge >= 0.3 is 0 Å². The zero-order chi connectivity index (χ0) is 19.2. The van der Waals surface area contributed by atoms with Crippen molar-refractivity contribution in [2.24, 2.45) is 0 Å². The van der Waals surface area contributed by atoms with Gasteiger partial charge in [0, 0.05) is 0 Å². The molecule has 0 atom stereocenters. The molecule has 2 aromatic carbocycles. The first-order valence-electron chi connectivity index (χ1n) is 9.90. The first kappa shape index (κ1) is 20.7. The van der Waals surface area contributed by atoms with Gasteiger partial charge in [-0.3, -0.25) is 4.79 Å². The molecule has 2 aromatic rings. The quantitative estimate of drug-likeness (QED) is 0.166. The van der Waals surface area contributed by atoms with Crippen LogP contribution in [0.3, 0.4) is 0 Å². The Bertz CT molecular complexity index is 716. The molecule has 0 saturated carbocycles. The van der Waals surface area contributed by atoms with Crippen LogP contribution in [0.2, 0.25) is 0 Å². The maximum absolute atomic E-state index is 11.6. The van der Waals surface area contributed by atoms with Crippen LogP contribution in [0.25, 0.3) is 12.2 Å². The SMILES string of the molecule is C=CCCCCCCCCOc1cccc(C=Cc2ccccc2)c1C=O. The van der Waals surface area contributed by atoms with Gasteiger partial charge < -0.3 is 4.74 Å². The molecule has 0 heterocycles. The monoisotopic (exact) mass is 362 g/mol. The summed E-state index contributed by atoms with van der Waals surface area (Å²) in [6.45, 7) is 4.40. The van der Waals surface area contributed by atoms with Gasteiger partial charge in [-0.1, -0.05) is 86.4 Å². The Balaban J connectivity index is 1.82. The second-order valence-corrected chi connectivity index (χ2v) is 6.67. The normalized spacial score (nSPS) is 10.8. The van der Waals surface area contributed by atoms with E-state index in [0.717, 1.165) is 36.7 Å². The fraction of sp³-hybridized carbons (Fsp3) is 0.320. The molecule has 0 aliphatic heterocycles. The summed E-state index contributed by atoms with van der Waals surface area (Å²) in [5.41, 5.74) is 2.61. The average Bonchev–Trinajstić information content (AvgIpc) is 2.71. The summed E-state index contributed by atoms with van der Waals surface area (Å²) in [6.07, 6.45) is 15.2. The Morgan fingerprint density at radius 3 is 2.30 bits per heavy atom. The van der Waals surface area contributed by atoms with E-state index >= 15 is 0 Å². The number of allylic oxidation sites excluding steroid dienone is 1. The van der Waals surface area contributed by atoms with Crippen molar-refractivity contribution >= 4 is 18.4 Å². The van der Waals surface area contributed by atoms with Crippen LogP contribution in [0.1, 0.15) is 66.4 Å². The van der Waals surface area contributed by atoms with Crippen molar-refractivity contribution in [3.05, 3.63) is 77.9 Å². The zero-order valence-electron chi connectivity index (χ0n) is 16.1. The summed E-state index contributed by atoms with van der Waals surface area (Å²) in [5.74, 6) is 0.672. The molecule has 0 aliphatic carbocycles. The molecule has 0 amide bonds. The molecular weight excluding hydrogens is 332 g/mol. The summed E-state index contributed by atoms with van der Waals surface area (Å²) < 4.78 is 5.89. The lowest BCUT2D eigenvalue weighted by Gasteiger charge is -2.10. The van der Waals surface area contributed by atoms with Gasteiger partial charge in [-0.15, -0.1) is 6.58 Å². The van der Waals surface area contributed by atoms with Crippen LogP contribution in [-0.4, -0.2) is 12.9 Å². The molecule has 2 rings (SSSR count). The highest BCUT2D eigenvalue weighted by atomic mass is 16.5. The maximum Gasteiger partial charge on any atom is 0.154 e. The van der Waals surface area contributed by atoms with E-state index in [1.165, 1.54) is 25.7 Å². The smallest absolute Gasteiger partial charge is 0.154 e. The highest BCUT2D eigenvalue weighted by Gasteiger charge is 2.07. The number of carbonyl (C=O) groups is 1. The Morgan fingerprint density at radius 1 is 0.815 bits per heavy atom. The van der Waals surface area contributed by atoms with Gasteiger partial charge in [-0.2, -0.15) is 0 Å². The molecule has 0 fully saturated rings. The van der Waals surface area contributed by atoms with Crippen LogP contribution in [0.5, 0.6) is 5.75 Å². The highest BCUT2D eigenvalue weighted by molar-refractivity contribution is 5.88. The third kappa shape index (κ3) is 7.65. The molecular formula is C25H30O2. The second kappa shape index (κ2) is 12.7. The van der Waals surface area contributed by atoms with Gasteiger partial charge in [0.15, 0.2) is 6.29 Å². The van der Waals surface area contributed by atoms with E-state index in [-0.39, 0.29) is 0 Å². The number of carbonyl (C=O) groups excluding carboxylic acids is 1. The van der Waals surface area contributed by atoms with E-state index in [2.05, 4.69) is 6.58 Å². The van der Waals surface area contributed by atoms with E-state index in [1.807, 2.05) is 66.8 Å². The minimum absolute atomic E-state index is 0.620. The van der Waals surface area contributed by atoms with Crippen molar-refractivity contribution in [2.75, 3.05) is 6.61 Å². The van der Waals surface area contributed by atoms with Crippen LogP contribution in [0, 0.1) is 0 Å². The van der Waals surface area contributed by atoms with Gasteiger partial charge in [0.05, 0.1) is 12.2 Å². The number of benzene rings is 2. The van der Waals surface area contributed by atoms with Crippen molar-refractivity contribution in [3.63, 3.8) is 0 Å². The van der Waals surface area contributed by atoms with Crippen LogP contribution in [0.4, 0.5) is 0 Å². The molecule has 2 nitrogen and oxygen atoms in total. The van der Waals surface area contributed by atoms with Gasteiger partial charge in [0.2, 0.25) is 0 Å². The van der Waals surface area contributed by atoms with Crippen molar-refractivity contribution in [1.29, 1.82) is 0 Å². The minimum atomic E-state index is 0.620. The lowest BCUT2D eigenvalue weighted by atomic mass is 10.1. The van der Waals surface area contributed by atoms with Crippen LogP contribution in [0.15, 0.2) is 61.2 Å². The molecule has 0 saturated heterocycles. The number of hydrogen-bond donors (Lipinski definition) is 0. The lowest BCUT2D eigenvalue weighted by Crippen LogP contribution is -2.01. The van der Waals surface area contributed by atoms with Gasteiger partial charge in [-0.05, 0) is 36.5 Å². The molecule has 0 aromatic heterocycles. The fourth-order valence-electron chi connectivity index (χ4n) is 2.99. The molecule has 2 heteroatoms. The Labute approximate surface area is 163 Å². The van der Waals surface area contributed by atoms with Crippen molar-refractivity contribution in [3.8, 4) is 5.75 Å². The van der Waals surface area contributed by atoms with Gasteiger partial charge in [0.1, 0.15) is 5.75 Å². The first-order valence-corrected chi connectivity index (χ1v) is 9.90. The van der Waals surface area contributed by atoms with E-state index in [4.69, 9.17) is 4.74 Å². The summed E-state index contributed by atoms with van der Waals surface area (Å²) in [4.78, 5) is 11.6. The van der Waals surface area contributed by atoms with Gasteiger partial charge in [-0.25, -0.2) is 0 Å². The van der Waals surface area contributed by atoms with E-state index < -0.39 is 0 Å². The summed E-state index contributed by atoms with van der Waals surface area (Å²) in [6, 6.07) is 15.8. The number of unbranched alkanes of at least 4 members (excludes halogenated alkanes) is 6. The topological polar surface area (TPSA) is 26.3 Å². The van der Waals surface area contributed by atoms with Gasteiger partial charge in [0.25, 0.3) is 0 Å². The molecule has 0 aliphatic rings. The summed E-state index contributed by atoms with van der Waals surface area (Å²) in [5, 5.41) is 0. The number of hydrogen-bond acceptors (Lipinski definition) is 2. The number of ether oxygens (including phenoxy) is 1. The fourth-order valence-corrected chi connectivity index (χ4v) is 2.99. The molecule has 27 heavy (non-hydrogen) atoms. The minimum Gasteiger partial charge on any atom is -0.493 e. The van der Waals surface area contributed by atoms with Crippen molar-refractivity contribution in [1.82, 2.24) is 0 Å². The van der Waals surface area contributed by atoms with Crippen LogP contribution < -0.4 is 4.74 Å². The number of rotatable bonds is 13. The van der Waals surface area contributed by atoms with E-state index in [1.54, 1.807) is 0 Å². The van der Waals surface area contributed by atoms with E-state index in [9.17, 15) is 4.79 Å². The van der Waals surface area contributed by atoms with Crippen molar-refractivity contribution in [2.45, 2.75) is 44.9 Å². The van der Waals surface area contributed by atoms with Crippen LogP contribution >= 0.6 is 0 Å². The third-order valence-corrected chi connectivity index (χ3v) is 4.53. The molecule has 0 N–H and O–H groups in total. The first-order chi connectivity index (χ1) is 13.3. The standard InChI is InChI=1S/C25H30O2/c1-2-3-4-5-6-7-8-12-20-27-25-17-13-16-23(24(25)21-26)19-18-22-14-10-9-11-15-22/h2,9-11,13-19,21H,1,3-8,12,20H2. The molecule has 0 unspecified atom stereocenters. The number of aldehydes is 1. The van der Waals surface area contributed by atoms with Crippen LogP contribution in [-0.2, 0) is 0 Å². The molecule has 0 bridgehead atoms. The third-order valence-electron chi connectivity index (χ3n) is 4.53. The predicted molar refractivity (Wildman–Crippen MR) is 115 cm³/mol. The maximum atomic E-state index is 11.6. The van der Waals surface area contributed by atoms with E-state index in [0.29, 0.717) is 17.9 Å². The average molecular weight is 363 g/mol. The summed E-state index contributed by atoms with van der Waals surface area (Å²) in [7, 11) is 0. The zero-order valence-corrected chi connectivity index (χ0v) is 16.1. The summed E-state index contributed by atoms with van der Waals surface area (Å²) >= 11 is 0. The highest BCUT2D eigenvalue weighted by Crippen LogP contribution is 2.23. The molecule has 0 radical (unpaired) electrons. The predicted octanol–water partition coefficient (Wildman–Crippen LogP) is 6.97. The Hall–Kier alpha value is -2.61. The largest absolute Gasteiger partial charge is 0.493 e. The Morgan fingerprint density at radius 2 is 1.56 bits per heavy atom. The second-order valence-electron chi connectivity index (χ2n) is 6.67. The van der Waals surface area contributed by atoms with Crippen molar-refractivity contribution < 1.29 is 9.53 Å². The Kier molecular flexibility index (Phi) is 9.73. The molecule has 142 valence electrons. The molecule has 0 spiro atoms. The lowest BCUT2D eigenvalue weighted by molar-refractivity contribution is 0.111.